The van der Waals surface area contributed by atoms with Gasteiger partial charge in [0.15, 0.2) is 0 Å². The molecular formula is C16H11N5O2. The van der Waals surface area contributed by atoms with Crippen LogP contribution < -0.4 is 4.90 Å². The normalized spacial score (nSPS) is 16.2. The van der Waals surface area contributed by atoms with Gasteiger partial charge in [-0.2, -0.15) is 9.78 Å². The first-order valence-electron chi connectivity index (χ1n) is 6.91. The molecule has 0 N–H and O–H groups in total. The Kier molecular flexibility index (Phi) is 3.09. The number of hydrogen-bond acceptors (Lipinski definition) is 5. The number of carbonyl (C=O) groups is 1. The third kappa shape index (κ3) is 2.34. The van der Waals surface area contributed by atoms with Crippen LogP contribution in [0.1, 0.15) is 5.76 Å². The molecule has 4 rings (SSSR count). The summed E-state index contributed by atoms with van der Waals surface area (Å²) in [7, 11) is 0. The fourth-order valence-corrected chi connectivity index (χ4v) is 2.29. The first-order chi connectivity index (χ1) is 11.3. The molecule has 0 bridgehead atoms. The fourth-order valence-electron chi connectivity index (χ4n) is 2.29. The summed E-state index contributed by atoms with van der Waals surface area (Å²) in [6.45, 7) is 0. The number of rotatable bonds is 2. The van der Waals surface area contributed by atoms with Gasteiger partial charge in [-0.25, -0.2) is 14.9 Å². The van der Waals surface area contributed by atoms with Crippen molar-refractivity contribution in [1.82, 2.24) is 14.8 Å². The Hall–Kier alpha value is -3.48. The lowest BCUT2D eigenvalue weighted by molar-refractivity contribution is -0.113. The van der Waals surface area contributed by atoms with E-state index in [0.29, 0.717) is 17.4 Å². The van der Waals surface area contributed by atoms with Gasteiger partial charge >= 0.3 is 0 Å². The Bertz CT molecular complexity index is 880. The summed E-state index contributed by atoms with van der Waals surface area (Å²) >= 11 is 0. The second kappa shape index (κ2) is 5.38. The fraction of sp³-hybridized carbons (Fsp3) is 0. The van der Waals surface area contributed by atoms with Crippen molar-refractivity contribution in [1.29, 1.82) is 0 Å². The molecule has 1 aromatic carbocycles. The van der Waals surface area contributed by atoms with Crippen LogP contribution in [0.4, 0.5) is 5.69 Å². The number of aromatic nitrogens is 3. The average molecular weight is 305 g/mol. The number of benzene rings is 1. The zero-order valence-corrected chi connectivity index (χ0v) is 11.9. The van der Waals surface area contributed by atoms with Gasteiger partial charge in [0.25, 0.3) is 5.91 Å². The highest BCUT2D eigenvalue weighted by atomic mass is 16.3. The van der Waals surface area contributed by atoms with Crippen LogP contribution in [0, 0.1) is 0 Å². The molecule has 0 spiro atoms. The van der Waals surface area contributed by atoms with E-state index in [1.165, 1.54) is 22.2 Å². The quantitative estimate of drug-likeness (QED) is 0.680. The van der Waals surface area contributed by atoms with Crippen molar-refractivity contribution >= 4 is 23.6 Å². The van der Waals surface area contributed by atoms with E-state index in [2.05, 4.69) is 15.1 Å². The second-order valence-corrected chi connectivity index (χ2v) is 4.77. The summed E-state index contributed by atoms with van der Waals surface area (Å²) in [6.07, 6.45) is 6.04. The number of anilines is 1. The van der Waals surface area contributed by atoms with Gasteiger partial charge in [0.1, 0.15) is 24.1 Å². The van der Waals surface area contributed by atoms with Gasteiger partial charge in [-0.15, -0.1) is 0 Å². The number of para-hydroxylation sites is 1. The van der Waals surface area contributed by atoms with Gasteiger partial charge in [0, 0.05) is 6.08 Å². The van der Waals surface area contributed by atoms with Crippen LogP contribution in [0.25, 0.3) is 6.08 Å². The third-order valence-corrected chi connectivity index (χ3v) is 3.30. The van der Waals surface area contributed by atoms with Crippen molar-refractivity contribution in [3.63, 3.8) is 0 Å². The van der Waals surface area contributed by atoms with E-state index in [1.54, 1.807) is 24.5 Å². The van der Waals surface area contributed by atoms with Crippen LogP contribution in [0.3, 0.4) is 0 Å². The van der Waals surface area contributed by atoms with Crippen molar-refractivity contribution < 1.29 is 9.21 Å². The second-order valence-electron chi connectivity index (χ2n) is 4.77. The summed E-state index contributed by atoms with van der Waals surface area (Å²) in [5.41, 5.74) is 0.976. The molecule has 0 unspecified atom stereocenters. The molecule has 0 fully saturated rings. The highest BCUT2D eigenvalue weighted by molar-refractivity contribution is 6.28. The van der Waals surface area contributed by atoms with Crippen LogP contribution in [-0.4, -0.2) is 26.6 Å². The number of amides is 1. The third-order valence-electron chi connectivity index (χ3n) is 3.30. The van der Waals surface area contributed by atoms with Crippen LogP contribution in [0.15, 0.2) is 76.5 Å². The molecule has 3 heterocycles. The number of aliphatic imine (C=N–C) groups is 1. The van der Waals surface area contributed by atoms with Gasteiger partial charge in [-0.1, -0.05) is 18.2 Å². The SMILES string of the molecule is O=C1/C(=C/c2ccco2)N=C(n2cncn2)N1c1ccccc1. The Morgan fingerprint density at radius 3 is 2.65 bits per heavy atom. The first-order valence-corrected chi connectivity index (χ1v) is 6.91. The van der Waals surface area contributed by atoms with Crippen LogP contribution in [-0.2, 0) is 4.79 Å². The minimum Gasteiger partial charge on any atom is -0.465 e. The molecule has 0 aliphatic carbocycles. The molecule has 0 radical (unpaired) electrons. The Morgan fingerprint density at radius 2 is 1.96 bits per heavy atom. The molecule has 1 aliphatic rings. The minimum absolute atomic E-state index is 0.252. The van der Waals surface area contributed by atoms with E-state index in [-0.39, 0.29) is 11.6 Å². The van der Waals surface area contributed by atoms with E-state index in [9.17, 15) is 4.79 Å². The molecule has 3 aromatic rings. The van der Waals surface area contributed by atoms with Crippen molar-refractivity contribution in [3.05, 3.63) is 72.8 Å². The molecule has 0 atom stereocenters. The average Bonchev–Trinajstić information content (AvgIpc) is 3.31. The maximum atomic E-state index is 12.8. The van der Waals surface area contributed by atoms with Gasteiger partial charge in [0.05, 0.1) is 12.0 Å². The molecule has 0 saturated carbocycles. The van der Waals surface area contributed by atoms with Crippen molar-refractivity contribution in [3.8, 4) is 0 Å². The molecule has 112 valence electrons. The van der Waals surface area contributed by atoms with Crippen molar-refractivity contribution in [2.24, 2.45) is 4.99 Å². The summed E-state index contributed by atoms with van der Waals surface area (Å²) in [6, 6.07) is 12.8. The Morgan fingerprint density at radius 1 is 1.09 bits per heavy atom. The number of furan rings is 1. The lowest BCUT2D eigenvalue weighted by Gasteiger charge is -2.17. The largest absolute Gasteiger partial charge is 0.465 e. The highest BCUT2D eigenvalue weighted by Gasteiger charge is 2.33. The summed E-state index contributed by atoms with van der Waals surface area (Å²) in [5, 5.41) is 4.07. The summed E-state index contributed by atoms with van der Waals surface area (Å²) < 4.78 is 6.71. The molecule has 1 amide bonds. The standard InChI is InChI=1S/C16H11N5O2/c22-15-14(9-13-7-4-8-23-13)19-16(20-11-17-10-18-20)21(15)12-5-2-1-3-6-12/h1-11H/b14-9-. The smallest absolute Gasteiger partial charge is 0.284 e. The number of nitrogens with zero attached hydrogens (tertiary/aromatic N) is 5. The van der Waals surface area contributed by atoms with E-state index >= 15 is 0 Å². The summed E-state index contributed by atoms with van der Waals surface area (Å²) in [5.74, 6) is 0.680. The number of hydrogen-bond donors (Lipinski definition) is 0. The van der Waals surface area contributed by atoms with E-state index < -0.39 is 0 Å². The Labute approximate surface area is 131 Å². The van der Waals surface area contributed by atoms with E-state index in [1.807, 2.05) is 30.3 Å². The minimum atomic E-state index is -0.252. The molecule has 7 nitrogen and oxygen atoms in total. The van der Waals surface area contributed by atoms with Crippen LogP contribution in [0.2, 0.25) is 0 Å². The van der Waals surface area contributed by atoms with Crippen LogP contribution >= 0.6 is 0 Å². The zero-order chi connectivity index (χ0) is 15.6. The molecule has 2 aromatic heterocycles. The van der Waals surface area contributed by atoms with E-state index in [0.717, 1.165) is 0 Å². The summed E-state index contributed by atoms with van der Waals surface area (Å²) in [4.78, 5) is 22.6. The molecule has 7 heteroatoms. The van der Waals surface area contributed by atoms with Crippen molar-refractivity contribution in [2.75, 3.05) is 4.90 Å². The molecule has 0 saturated heterocycles. The van der Waals surface area contributed by atoms with Crippen molar-refractivity contribution in [2.45, 2.75) is 0 Å². The predicted molar refractivity (Wildman–Crippen MR) is 83.5 cm³/mol. The first kappa shape index (κ1) is 13.2. The highest BCUT2D eigenvalue weighted by Crippen LogP contribution is 2.25. The molecule has 23 heavy (non-hydrogen) atoms. The number of carbonyl (C=O) groups excluding carboxylic acids is 1. The van der Waals surface area contributed by atoms with Gasteiger partial charge in [-0.05, 0) is 24.3 Å². The lowest BCUT2D eigenvalue weighted by Crippen LogP contribution is -2.36. The monoisotopic (exact) mass is 305 g/mol. The topological polar surface area (TPSA) is 76.5 Å². The van der Waals surface area contributed by atoms with Gasteiger partial charge in [0.2, 0.25) is 5.96 Å². The Balaban J connectivity index is 1.82. The maximum Gasteiger partial charge on any atom is 0.284 e. The van der Waals surface area contributed by atoms with Crippen LogP contribution in [0.5, 0.6) is 0 Å². The van der Waals surface area contributed by atoms with Gasteiger partial charge < -0.3 is 4.42 Å². The molecule has 1 aliphatic heterocycles. The molecular weight excluding hydrogens is 294 g/mol. The van der Waals surface area contributed by atoms with Gasteiger partial charge in [-0.3, -0.25) is 4.79 Å². The lowest BCUT2D eigenvalue weighted by atomic mass is 10.2. The maximum absolute atomic E-state index is 12.8. The zero-order valence-electron chi connectivity index (χ0n) is 11.9. The predicted octanol–water partition coefficient (Wildman–Crippen LogP) is 2.16. The van der Waals surface area contributed by atoms with E-state index in [4.69, 9.17) is 4.42 Å².